The number of hydrogen-bond donors (Lipinski definition) is 0. The zero-order valence-corrected chi connectivity index (χ0v) is 9.47. The lowest BCUT2D eigenvalue weighted by molar-refractivity contribution is -0.142. The average molecular weight is 184 g/mol. The summed E-state index contributed by atoms with van der Waals surface area (Å²) in [6, 6.07) is 0. The predicted molar refractivity (Wildman–Crippen MR) is 53.5 cm³/mol. The first-order valence-electron chi connectivity index (χ1n) is 4.79. The SMILES string of the molecule is CC(C)C(=O)C(C)(C)C(=O)C(C)C. The lowest BCUT2D eigenvalue weighted by Crippen LogP contribution is -2.38. The van der Waals surface area contributed by atoms with Crippen LogP contribution < -0.4 is 0 Å². The summed E-state index contributed by atoms with van der Waals surface area (Å²) in [4.78, 5) is 23.4. The van der Waals surface area contributed by atoms with E-state index in [4.69, 9.17) is 0 Å². The van der Waals surface area contributed by atoms with Crippen LogP contribution in [0.1, 0.15) is 41.5 Å². The van der Waals surface area contributed by atoms with Crippen molar-refractivity contribution >= 4 is 11.6 Å². The molecule has 0 aliphatic carbocycles. The van der Waals surface area contributed by atoms with E-state index in [1.54, 1.807) is 13.8 Å². The number of carbonyl (C=O) groups excluding carboxylic acids is 2. The van der Waals surface area contributed by atoms with Gasteiger partial charge in [0.05, 0.1) is 5.41 Å². The summed E-state index contributed by atoms with van der Waals surface area (Å²) in [7, 11) is 0. The molecule has 0 unspecified atom stereocenters. The van der Waals surface area contributed by atoms with Gasteiger partial charge in [0, 0.05) is 11.8 Å². The Hall–Kier alpha value is -0.660. The molecule has 0 heterocycles. The van der Waals surface area contributed by atoms with E-state index in [9.17, 15) is 9.59 Å². The molecule has 13 heavy (non-hydrogen) atoms. The minimum atomic E-state index is -0.817. The van der Waals surface area contributed by atoms with Gasteiger partial charge >= 0.3 is 0 Å². The van der Waals surface area contributed by atoms with Crippen LogP contribution in [0, 0.1) is 17.3 Å². The van der Waals surface area contributed by atoms with E-state index in [0.717, 1.165) is 0 Å². The Labute approximate surface area is 80.7 Å². The van der Waals surface area contributed by atoms with Gasteiger partial charge in [0.25, 0.3) is 0 Å². The highest BCUT2D eigenvalue weighted by Gasteiger charge is 2.37. The van der Waals surface area contributed by atoms with Crippen LogP contribution >= 0.6 is 0 Å². The molecule has 2 nitrogen and oxygen atoms in total. The first-order chi connectivity index (χ1) is 5.71. The van der Waals surface area contributed by atoms with E-state index >= 15 is 0 Å². The lowest BCUT2D eigenvalue weighted by atomic mass is 9.75. The van der Waals surface area contributed by atoms with Crippen LogP contribution in [0.2, 0.25) is 0 Å². The molecule has 0 aromatic carbocycles. The molecule has 0 saturated heterocycles. The van der Waals surface area contributed by atoms with Gasteiger partial charge in [0.2, 0.25) is 0 Å². The molecule has 0 aliphatic heterocycles. The number of rotatable bonds is 4. The molecule has 0 aromatic rings. The van der Waals surface area contributed by atoms with Crippen LogP contribution in [-0.2, 0) is 9.59 Å². The number of Topliss-reactive ketones (excluding diaryl/α,β-unsaturated/α-hetero) is 2. The molecular weight excluding hydrogens is 164 g/mol. The molecular formula is C11H20O2. The van der Waals surface area contributed by atoms with Crippen molar-refractivity contribution in [3.63, 3.8) is 0 Å². The van der Waals surface area contributed by atoms with Crippen molar-refractivity contribution in [1.82, 2.24) is 0 Å². The van der Waals surface area contributed by atoms with E-state index in [2.05, 4.69) is 0 Å². The Balaban J connectivity index is 4.76. The van der Waals surface area contributed by atoms with E-state index in [-0.39, 0.29) is 23.4 Å². The standard InChI is InChI=1S/C11H20O2/c1-7(2)9(12)11(5,6)10(13)8(3)4/h7-8H,1-6H3. The van der Waals surface area contributed by atoms with E-state index in [1.807, 2.05) is 27.7 Å². The van der Waals surface area contributed by atoms with Crippen molar-refractivity contribution < 1.29 is 9.59 Å². The quantitative estimate of drug-likeness (QED) is 0.629. The van der Waals surface area contributed by atoms with E-state index < -0.39 is 5.41 Å². The molecule has 0 amide bonds. The van der Waals surface area contributed by atoms with Gasteiger partial charge in [-0.15, -0.1) is 0 Å². The second kappa shape index (κ2) is 4.03. The highest BCUT2D eigenvalue weighted by Crippen LogP contribution is 2.25. The van der Waals surface area contributed by atoms with Gasteiger partial charge in [0.1, 0.15) is 11.6 Å². The Bertz CT molecular complexity index is 190. The van der Waals surface area contributed by atoms with Gasteiger partial charge < -0.3 is 0 Å². The van der Waals surface area contributed by atoms with Crippen molar-refractivity contribution in [2.24, 2.45) is 17.3 Å². The Morgan fingerprint density at radius 1 is 0.846 bits per heavy atom. The van der Waals surface area contributed by atoms with Crippen LogP contribution in [0.25, 0.3) is 0 Å². The van der Waals surface area contributed by atoms with Gasteiger partial charge in [-0.1, -0.05) is 27.7 Å². The predicted octanol–water partition coefficient (Wildman–Crippen LogP) is 2.46. The van der Waals surface area contributed by atoms with Gasteiger partial charge in [-0.2, -0.15) is 0 Å². The van der Waals surface area contributed by atoms with Crippen LogP contribution in [0.4, 0.5) is 0 Å². The monoisotopic (exact) mass is 184 g/mol. The second-order valence-electron chi connectivity index (χ2n) is 4.66. The van der Waals surface area contributed by atoms with Crippen LogP contribution in [0.15, 0.2) is 0 Å². The van der Waals surface area contributed by atoms with Crippen molar-refractivity contribution in [2.75, 3.05) is 0 Å². The number of ketones is 2. The third-order valence-electron chi connectivity index (χ3n) is 2.28. The van der Waals surface area contributed by atoms with Gasteiger partial charge in [0.15, 0.2) is 0 Å². The molecule has 0 fully saturated rings. The van der Waals surface area contributed by atoms with Crippen LogP contribution in [-0.4, -0.2) is 11.6 Å². The molecule has 0 saturated carbocycles. The molecule has 0 spiro atoms. The number of hydrogen-bond acceptors (Lipinski definition) is 2. The Kier molecular flexibility index (Phi) is 3.83. The summed E-state index contributed by atoms with van der Waals surface area (Å²) in [6.45, 7) is 10.8. The average Bonchev–Trinajstić information content (AvgIpc) is 2.01. The molecule has 0 aromatic heterocycles. The summed E-state index contributed by atoms with van der Waals surface area (Å²) in [6.07, 6.45) is 0. The maximum Gasteiger partial charge on any atom is 0.148 e. The van der Waals surface area contributed by atoms with Crippen molar-refractivity contribution in [3.05, 3.63) is 0 Å². The summed E-state index contributed by atoms with van der Waals surface area (Å²) in [5.41, 5.74) is -0.817. The Morgan fingerprint density at radius 2 is 1.08 bits per heavy atom. The normalized spacial score (nSPS) is 12.3. The maximum absolute atomic E-state index is 11.7. The second-order valence-corrected chi connectivity index (χ2v) is 4.66. The zero-order valence-electron chi connectivity index (χ0n) is 9.47. The highest BCUT2D eigenvalue weighted by molar-refractivity contribution is 6.07. The minimum Gasteiger partial charge on any atom is -0.298 e. The summed E-state index contributed by atoms with van der Waals surface area (Å²) in [5, 5.41) is 0. The van der Waals surface area contributed by atoms with E-state index in [1.165, 1.54) is 0 Å². The fourth-order valence-corrected chi connectivity index (χ4v) is 1.56. The first kappa shape index (κ1) is 12.3. The summed E-state index contributed by atoms with van der Waals surface area (Å²) < 4.78 is 0. The van der Waals surface area contributed by atoms with Gasteiger partial charge in [-0.25, -0.2) is 0 Å². The highest BCUT2D eigenvalue weighted by atomic mass is 16.2. The molecule has 0 N–H and O–H groups in total. The number of carbonyl (C=O) groups is 2. The zero-order chi connectivity index (χ0) is 10.8. The minimum absolute atomic E-state index is 0.0335. The fourth-order valence-electron chi connectivity index (χ4n) is 1.56. The van der Waals surface area contributed by atoms with Gasteiger partial charge in [-0.3, -0.25) is 9.59 Å². The fraction of sp³-hybridized carbons (Fsp3) is 0.818. The molecule has 0 aliphatic rings. The third-order valence-corrected chi connectivity index (χ3v) is 2.28. The third kappa shape index (κ3) is 2.64. The van der Waals surface area contributed by atoms with Crippen molar-refractivity contribution in [3.8, 4) is 0 Å². The molecule has 0 bridgehead atoms. The largest absolute Gasteiger partial charge is 0.298 e. The summed E-state index contributed by atoms with van der Waals surface area (Å²) in [5.74, 6) is -0.0761. The molecule has 2 heteroatoms. The van der Waals surface area contributed by atoms with Gasteiger partial charge in [-0.05, 0) is 13.8 Å². The van der Waals surface area contributed by atoms with Crippen molar-refractivity contribution in [1.29, 1.82) is 0 Å². The lowest BCUT2D eigenvalue weighted by Gasteiger charge is -2.25. The Morgan fingerprint density at radius 3 is 1.23 bits per heavy atom. The maximum atomic E-state index is 11.7. The van der Waals surface area contributed by atoms with Crippen molar-refractivity contribution in [2.45, 2.75) is 41.5 Å². The summed E-state index contributed by atoms with van der Waals surface area (Å²) >= 11 is 0. The molecule has 76 valence electrons. The van der Waals surface area contributed by atoms with E-state index in [0.29, 0.717) is 0 Å². The van der Waals surface area contributed by atoms with Crippen LogP contribution in [0.5, 0.6) is 0 Å². The smallest absolute Gasteiger partial charge is 0.148 e. The van der Waals surface area contributed by atoms with Crippen LogP contribution in [0.3, 0.4) is 0 Å². The topological polar surface area (TPSA) is 34.1 Å². The molecule has 0 rings (SSSR count). The molecule has 0 radical (unpaired) electrons. The molecule has 0 atom stereocenters. The first-order valence-corrected chi connectivity index (χ1v) is 4.79.